The Morgan fingerprint density at radius 2 is 2.04 bits per heavy atom. The summed E-state index contributed by atoms with van der Waals surface area (Å²) in [6.45, 7) is 5.09. The summed E-state index contributed by atoms with van der Waals surface area (Å²) in [5, 5.41) is 9.60. The second-order valence-corrected chi connectivity index (χ2v) is 6.64. The van der Waals surface area contributed by atoms with Crippen LogP contribution in [0.15, 0.2) is 30.3 Å². The molecule has 1 fully saturated rings. The van der Waals surface area contributed by atoms with Crippen LogP contribution < -0.4 is 5.32 Å². The zero-order valence-electron chi connectivity index (χ0n) is 14.5. The zero-order valence-corrected chi connectivity index (χ0v) is 14.5. The summed E-state index contributed by atoms with van der Waals surface area (Å²) in [6, 6.07) is 9.17. The molecule has 132 valence electrons. The third-order valence-electron chi connectivity index (χ3n) is 4.38. The third kappa shape index (κ3) is 4.04. The predicted molar refractivity (Wildman–Crippen MR) is 94.2 cm³/mol. The maximum Gasteiger partial charge on any atom is 0.253 e. The summed E-state index contributed by atoms with van der Waals surface area (Å²) < 4.78 is 0. The largest absolute Gasteiger partial charge is 0.338 e. The van der Waals surface area contributed by atoms with Crippen molar-refractivity contribution in [2.75, 3.05) is 18.4 Å². The Hall–Kier alpha value is -2.70. The van der Waals surface area contributed by atoms with E-state index >= 15 is 0 Å². The van der Waals surface area contributed by atoms with Crippen molar-refractivity contribution in [3.05, 3.63) is 41.7 Å². The van der Waals surface area contributed by atoms with E-state index in [4.69, 9.17) is 0 Å². The molecule has 1 atom stereocenters. The fourth-order valence-electron chi connectivity index (χ4n) is 2.94. The summed E-state index contributed by atoms with van der Waals surface area (Å²) >= 11 is 0. The van der Waals surface area contributed by atoms with E-state index in [1.807, 2.05) is 32.0 Å². The maximum atomic E-state index is 12.6. The van der Waals surface area contributed by atoms with Crippen LogP contribution in [0.3, 0.4) is 0 Å². The van der Waals surface area contributed by atoms with E-state index < -0.39 is 0 Å². The lowest BCUT2D eigenvalue weighted by molar-refractivity contribution is -0.121. The number of carbonyl (C=O) groups excluding carboxylic acids is 2. The molecule has 0 spiro atoms. The van der Waals surface area contributed by atoms with Crippen LogP contribution in [-0.4, -0.2) is 45.0 Å². The van der Waals surface area contributed by atoms with Crippen molar-refractivity contribution in [3.63, 3.8) is 0 Å². The van der Waals surface area contributed by atoms with E-state index in [1.54, 1.807) is 17.0 Å². The van der Waals surface area contributed by atoms with Gasteiger partial charge in [0.2, 0.25) is 11.9 Å². The summed E-state index contributed by atoms with van der Waals surface area (Å²) in [4.78, 5) is 31.1. The number of hydrogen-bond acceptors (Lipinski definition) is 4. The first-order valence-corrected chi connectivity index (χ1v) is 8.62. The molecule has 1 saturated heterocycles. The number of piperidine rings is 1. The number of nitrogens with zero attached hydrogens (tertiary/aromatic N) is 3. The number of anilines is 1. The first-order valence-electron chi connectivity index (χ1n) is 8.62. The van der Waals surface area contributed by atoms with Gasteiger partial charge in [0.25, 0.3) is 5.91 Å². The predicted octanol–water partition coefficient (Wildman–Crippen LogP) is 2.42. The van der Waals surface area contributed by atoms with Crippen molar-refractivity contribution >= 4 is 17.8 Å². The minimum atomic E-state index is -0.248. The van der Waals surface area contributed by atoms with Crippen LogP contribution in [-0.2, 0) is 4.79 Å². The van der Waals surface area contributed by atoms with Gasteiger partial charge >= 0.3 is 0 Å². The molecular weight excluding hydrogens is 318 g/mol. The number of rotatable bonds is 4. The van der Waals surface area contributed by atoms with Crippen molar-refractivity contribution < 1.29 is 9.59 Å². The number of amides is 2. The van der Waals surface area contributed by atoms with Gasteiger partial charge in [-0.25, -0.2) is 0 Å². The number of benzene rings is 1. The first kappa shape index (κ1) is 17.1. The zero-order chi connectivity index (χ0) is 17.8. The van der Waals surface area contributed by atoms with Gasteiger partial charge in [-0.15, -0.1) is 5.10 Å². The molecule has 2 amide bonds. The Morgan fingerprint density at radius 1 is 1.28 bits per heavy atom. The highest BCUT2D eigenvalue weighted by molar-refractivity contribution is 5.95. The van der Waals surface area contributed by atoms with E-state index in [1.165, 1.54) is 0 Å². The van der Waals surface area contributed by atoms with Crippen LogP contribution in [0, 0.1) is 5.92 Å². The fraction of sp³-hybridized carbons (Fsp3) is 0.444. The van der Waals surface area contributed by atoms with Gasteiger partial charge in [-0.3, -0.25) is 20.0 Å². The standard InChI is InChI=1S/C18H23N5O2/c1-12(2)15-19-18(22-21-15)20-16(24)14-9-6-10-23(11-14)17(25)13-7-4-3-5-8-13/h3-5,7-8,12,14H,6,9-11H2,1-2H3,(H2,19,20,21,22,24). The minimum Gasteiger partial charge on any atom is -0.338 e. The normalized spacial score (nSPS) is 17.6. The van der Waals surface area contributed by atoms with Crippen LogP contribution in [0.4, 0.5) is 5.95 Å². The Kier molecular flexibility index (Phi) is 5.11. The second-order valence-electron chi connectivity index (χ2n) is 6.64. The quantitative estimate of drug-likeness (QED) is 0.893. The fourth-order valence-corrected chi connectivity index (χ4v) is 2.94. The van der Waals surface area contributed by atoms with Gasteiger partial charge in [0.1, 0.15) is 5.82 Å². The summed E-state index contributed by atoms with van der Waals surface area (Å²) in [7, 11) is 0. The lowest BCUT2D eigenvalue weighted by Crippen LogP contribution is -2.43. The topological polar surface area (TPSA) is 91.0 Å². The van der Waals surface area contributed by atoms with Gasteiger partial charge in [-0.05, 0) is 25.0 Å². The van der Waals surface area contributed by atoms with Crippen LogP contribution in [0.5, 0.6) is 0 Å². The average Bonchev–Trinajstić information content (AvgIpc) is 3.11. The van der Waals surface area contributed by atoms with Crippen molar-refractivity contribution in [3.8, 4) is 0 Å². The molecule has 2 aromatic rings. The number of carbonyl (C=O) groups is 2. The molecule has 0 radical (unpaired) electrons. The molecular formula is C18H23N5O2. The Bertz CT molecular complexity index is 741. The molecule has 2 heterocycles. The van der Waals surface area contributed by atoms with Gasteiger partial charge in [0, 0.05) is 24.6 Å². The van der Waals surface area contributed by atoms with Crippen LogP contribution in [0.1, 0.15) is 48.8 Å². The SMILES string of the molecule is CC(C)c1nc(NC(=O)C2CCCN(C(=O)c3ccccc3)C2)n[nH]1. The van der Waals surface area contributed by atoms with E-state index in [9.17, 15) is 9.59 Å². The molecule has 1 aromatic carbocycles. The maximum absolute atomic E-state index is 12.6. The Morgan fingerprint density at radius 3 is 2.72 bits per heavy atom. The highest BCUT2D eigenvalue weighted by Crippen LogP contribution is 2.20. The molecule has 1 aliphatic rings. The van der Waals surface area contributed by atoms with E-state index in [0.717, 1.165) is 18.7 Å². The van der Waals surface area contributed by atoms with Gasteiger partial charge in [-0.2, -0.15) is 4.98 Å². The number of aromatic nitrogens is 3. The Balaban J connectivity index is 1.62. The van der Waals surface area contributed by atoms with Crippen LogP contribution in [0.2, 0.25) is 0 Å². The monoisotopic (exact) mass is 341 g/mol. The number of likely N-dealkylation sites (tertiary alicyclic amines) is 1. The van der Waals surface area contributed by atoms with E-state index in [0.29, 0.717) is 24.6 Å². The molecule has 3 rings (SSSR count). The highest BCUT2D eigenvalue weighted by atomic mass is 16.2. The van der Waals surface area contributed by atoms with Gasteiger partial charge in [0.05, 0.1) is 5.92 Å². The first-order chi connectivity index (χ1) is 12.0. The summed E-state index contributed by atoms with van der Waals surface area (Å²) in [6.07, 6.45) is 1.56. The minimum absolute atomic E-state index is 0.0295. The Labute approximate surface area is 146 Å². The molecule has 0 saturated carbocycles. The van der Waals surface area contributed by atoms with Gasteiger partial charge in [-0.1, -0.05) is 32.0 Å². The molecule has 7 nitrogen and oxygen atoms in total. The second kappa shape index (κ2) is 7.46. The van der Waals surface area contributed by atoms with Crippen molar-refractivity contribution in [2.45, 2.75) is 32.6 Å². The van der Waals surface area contributed by atoms with Crippen molar-refractivity contribution in [2.24, 2.45) is 5.92 Å². The molecule has 1 unspecified atom stereocenters. The number of hydrogen-bond donors (Lipinski definition) is 2. The summed E-state index contributed by atoms with van der Waals surface area (Å²) in [5.74, 6) is 0.826. The molecule has 1 aliphatic heterocycles. The molecule has 2 N–H and O–H groups in total. The molecule has 7 heteroatoms. The van der Waals surface area contributed by atoms with E-state index in [-0.39, 0.29) is 23.7 Å². The van der Waals surface area contributed by atoms with Crippen LogP contribution >= 0.6 is 0 Å². The highest BCUT2D eigenvalue weighted by Gasteiger charge is 2.29. The number of aromatic amines is 1. The van der Waals surface area contributed by atoms with Gasteiger partial charge in [0.15, 0.2) is 0 Å². The van der Waals surface area contributed by atoms with Crippen LogP contribution in [0.25, 0.3) is 0 Å². The van der Waals surface area contributed by atoms with E-state index in [2.05, 4.69) is 20.5 Å². The molecule has 0 aliphatic carbocycles. The number of nitrogens with one attached hydrogen (secondary N) is 2. The molecule has 25 heavy (non-hydrogen) atoms. The third-order valence-corrected chi connectivity index (χ3v) is 4.38. The summed E-state index contributed by atoms with van der Waals surface area (Å²) in [5.41, 5.74) is 0.652. The smallest absolute Gasteiger partial charge is 0.253 e. The molecule has 0 bridgehead atoms. The van der Waals surface area contributed by atoms with Crippen molar-refractivity contribution in [1.29, 1.82) is 0 Å². The molecule has 1 aromatic heterocycles. The average molecular weight is 341 g/mol. The lowest BCUT2D eigenvalue weighted by atomic mass is 9.96. The van der Waals surface area contributed by atoms with Gasteiger partial charge < -0.3 is 4.90 Å². The van der Waals surface area contributed by atoms with Crippen molar-refractivity contribution in [1.82, 2.24) is 20.1 Å². The lowest BCUT2D eigenvalue weighted by Gasteiger charge is -2.31. The number of H-pyrrole nitrogens is 1.